The van der Waals surface area contributed by atoms with Crippen LogP contribution in [0.1, 0.15) is 0 Å². The second-order valence-corrected chi connectivity index (χ2v) is 4.25. The third kappa shape index (κ3) is 4.18. The minimum absolute atomic E-state index is 0.305. The summed E-state index contributed by atoms with van der Waals surface area (Å²) in [5, 5.41) is 17.7. The van der Waals surface area contributed by atoms with E-state index in [4.69, 9.17) is 10.2 Å². The van der Waals surface area contributed by atoms with Crippen molar-refractivity contribution in [1.29, 1.82) is 0 Å². The smallest absolute Gasteiger partial charge is 0.115 e. The molecule has 0 unspecified atom stereocenters. The number of phenols is 2. The molecule has 0 aliphatic rings. The zero-order valence-corrected chi connectivity index (χ0v) is 11.0. The molecule has 3 aromatic rings. The second-order valence-electron chi connectivity index (χ2n) is 4.25. The first-order chi connectivity index (χ1) is 9.75. The van der Waals surface area contributed by atoms with Crippen LogP contribution in [0.25, 0.3) is 11.1 Å². The molecule has 2 heteroatoms. The van der Waals surface area contributed by atoms with Crippen LogP contribution in [-0.4, -0.2) is 10.2 Å². The molecule has 0 saturated heterocycles. The van der Waals surface area contributed by atoms with Crippen LogP contribution in [-0.2, 0) is 0 Å². The van der Waals surface area contributed by atoms with Crippen molar-refractivity contribution in [2.24, 2.45) is 0 Å². The van der Waals surface area contributed by atoms with Crippen molar-refractivity contribution < 1.29 is 10.2 Å². The van der Waals surface area contributed by atoms with Gasteiger partial charge in [0.15, 0.2) is 0 Å². The Morgan fingerprint density at radius 3 is 1.25 bits per heavy atom. The van der Waals surface area contributed by atoms with Crippen molar-refractivity contribution in [3.63, 3.8) is 0 Å². The summed E-state index contributed by atoms with van der Waals surface area (Å²) in [6, 6.07) is 26.0. The molecule has 20 heavy (non-hydrogen) atoms. The standard InChI is InChI=1S/C12H10O.C6H6O/c13-12-8-6-11(7-9-12)10-4-2-1-3-5-10;7-6-4-2-1-3-5-6/h1-9,13H;1-5,7H. The van der Waals surface area contributed by atoms with Crippen molar-refractivity contribution in [3.05, 3.63) is 84.9 Å². The average Bonchev–Trinajstić information content (AvgIpc) is 2.50. The second kappa shape index (κ2) is 7.00. The molecule has 0 saturated carbocycles. The van der Waals surface area contributed by atoms with Gasteiger partial charge in [-0.15, -0.1) is 0 Å². The van der Waals surface area contributed by atoms with Gasteiger partial charge in [-0.2, -0.15) is 0 Å². The highest BCUT2D eigenvalue weighted by Gasteiger charge is 1.94. The Morgan fingerprint density at radius 1 is 0.400 bits per heavy atom. The summed E-state index contributed by atoms with van der Waals surface area (Å²) >= 11 is 0. The number of phenolic OH excluding ortho intramolecular Hbond substituents is 2. The quantitative estimate of drug-likeness (QED) is 0.681. The fraction of sp³-hybridized carbons (Fsp3) is 0. The van der Waals surface area contributed by atoms with Crippen LogP contribution in [0.15, 0.2) is 84.9 Å². The Morgan fingerprint density at radius 2 is 0.800 bits per heavy atom. The lowest BCUT2D eigenvalue weighted by molar-refractivity contribution is 0.475. The molecule has 0 radical (unpaired) electrons. The third-order valence-corrected chi connectivity index (χ3v) is 2.73. The monoisotopic (exact) mass is 264 g/mol. The SMILES string of the molecule is Oc1ccc(-c2ccccc2)cc1.Oc1ccccc1. The largest absolute Gasteiger partial charge is 0.508 e. The molecular weight excluding hydrogens is 248 g/mol. The van der Waals surface area contributed by atoms with E-state index in [1.807, 2.05) is 48.5 Å². The predicted octanol–water partition coefficient (Wildman–Crippen LogP) is 4.45. The number of hydrogen-bond donors (Lipinski definition) is 2. The van der Waals surface area contributed by atoms with E-state index < -0.39 is 0 Å². The molecule has 0 atom stereocenters. The molecule has 0 heterocycles. The summed E-state index contributed by atoms with van der Waals surface area (Å²) in [6.45, 7) is 0. The van der Waals surface area contributed by atoms with Gasteiger partial charge in [-0.1, -0.05) is 60.7 Å². The molecule has 0 amide bonds. The maximum Gasteiger partial charge on any atom is 0.115 e. The summed E-state index contributed by atoms with van der Waals surface area (Å²) in [7, 11) is 0. The minimum Gasteiger partial charge on any atom is -0.508 e. The first kappa shape index (κ1) is 13.7. The van der Waals surface area contributed by atoms with Crippen molar-refractivity contribution in [2.45, 2.75) is 0 Å². The molecule has 0 aromatic heterocycles. The molecule has 0 aliphatic heterocycles. The van der Waals surface area contributed by atoms with E-state index in [1.165, 1.54) is 5.56 Å². The number of rotatable bonds is 1. The Hall–Kier alpha value is -2.74. The Balaban J connectivity index is 0.000000178. The molecule has 0 aliphatic carbocycles. The van der Waals surface area contributed by atoms with Gasteiger partial charge < -0.3 is 10.2 Å². The lowest BCUT2D eigenvalue weighted by Gasteiger charge is -2.00. The summed E-state index contributed by atoms with van der Waals surface area (Å²) in [4.78, 5) is 0. The van der Waals surface area contributed by atoms with Gasteiger partial charge in [-0.25, -0.2) is 0 Å². The highest BCUT2D eigenvalue weighted by Crippen LogP contribution is 2.20. The molecule has 0 spiro atoms. The van der Waals surface area contributed by atoms with Crippen LogP contribution >= 0.6 is 0 Å². The lowest BCUT2D eigenvalue weighted by Crippen LogP contribution is -1.74. The van der Waals surface area contributed by atoms with Crippen LogP contribution in [0, 0.1) is 0 Å². The lowest BCUT2D eigenvalue weighted by atomic mass is 10.1. The minimum atomic E-state index is 0.305. The summed E-state index contributed by atoms with van der Waals surface area (Å²) in [5.74, 6) is 0.627. The average molecular weight is 264 g/mol. The van der Waals surface area contributed by atoms with E-state index in [9.17, 15) is 0 Å². The maximum absolute atomic E-state index is 9.10. The fourth-order valence-electron chi connectivity index (χ4n) is 1.71. The third-order valence-electron chi connectivity index (χ3n) is 2.73. The Bertz CT molecular complexity index is 617. The van der Waals surface area contributed by atoms with Crippen LogP contribution in [0.2, 0.25) is 0 Å². The molecule has 3 aromatic carbocycles. The van der Waals surface area contributed by atoms with Gasteiger partial charge in [0.1, 0.15) is 11.5 Å². The van der Waals surface area contributed by atoms with Crippen LogP contribution in [0.3, 0.4) is 0 Å². The summed E-state index contributed by atoms with van der Waals surface area (Å²) in [6.07, 6.45) is 0. The summed E-state index contributed by atoms with van der Waals surface area (Å²) in [5.41, 5.74) is 2.29. The van der Waals surface area contributed by atoms with Crippen LogP contribution in [0.4, 0.5) is 0 Å². The van der Waals surface area contributed by atoms with E-state index in [-0.39, 0.29) is 0 Å². The Labute approximate surface area is 118 Å². The van der Waals surface area contributed by atoms with Crippen LogP contribution in [0.5, 0.6) is 11.5 Å². The maximum atomic E-state index is 9.10. The zero-order valence-electron chi connectivity index (χ0n) is 11.0. The van der Waals surface area contributed by atoms with Gasteiger partial charge in [0, 0.05) is 0 Å². The van der Waals surface area contributed by atoms with Gasteiger partial charge in [0.2, 0.25) is 0 Å². The molecule has 100 valence electrons. The van der Waals surface area contributed by atoms with E-state index in [0.29, 0.717) is 11.5 Å². The van der Waals surface area contributed by atoms with Gasteiger partial charge in [-0.05, 0) is 35.4 Å². The van der Waals surface area contributed by atoms with Gasteiger partial charge in [-0.3, -0.25) is 0 Å². The van der Waals surface area contributed by atoms with Crippen LogP contribution < -0.4 is 0 Å². The van der Waals surface area contributed by atoms with Crippen molar-refractivity contribution in [2.75, 3.05) is 0 Å². The van der Waals surface area contributed by atoms with E-state index in [2.05, 4.69) is 0 Å². The highest BCUT2D eigenvalue weighted by atomic mass is 16.3. The number of para-hydroxylation sites is 1. The predicted molar refractivity (Wildman–Crippen MR) is 81.6 cm³/mol. The van der Waals surface area contributed by atoms with Crippen molar-refractivity contribution in [1.82, 2.24) is 0 Å². The molecule has 0 fully saturated rings. The molecule has 2 N–H and O–H groups in total. The van der Waals surface area contributed by atoms with Gasteiger partial charge in [0.05, 0.1) is 0 Å². The first-order valence-corrected chi connectivity index (χ1v) is 6.34. The van der Waals surface area contributed by atoms with E-state index >= 15 is 0 Å². The highest BCUT2D eigenvalue weighted by molar-refractivity contribution is 5.63. The number of aromatic hydroxyl groups is 2. The Kier molecular flexibility index (Phi) is 4.79. The number of benzene rings is 3. The van der Waals surface area contributed by atoms with Gasteiger partial charge >= 0.3 is 0 Å². The number of hydrogen-bond acceptors (Lipinski definition) is 2. The molecule has 3 rings (SSSR count). The van der Waals surface area contributed by atoms with Crippen molar-refractivity contribution in [3.8, 4) is 22.6 Å². The van der Waals surface area contributed by atoms with E-state index in [0.717, 1.165) is 5.56 Å². The molecule has 0 bridgehead atoms. The van der Waals surface area contributed by atoms with Crippen molar-refractivity contribution >= 4 is 0 Å². The summed E-state index contributed by atoms with van der Waals surface area (Å²) < 4.78 is 0. The topological polar surface area (TPSA) is 40.5 Å². The van der Waals surface area contributed by atoms with E-state index in [1.54, 1.807) is 36.4 Å². The molecule has 2 nitrogen and oxygen atoms in total. The zero-order chi connectivity index (χ0) is 14.2. The normalized spacial score (nSPS) is 9.40. The van der Waals surface area contributed by atoms with Gasteiger partial charge in [0.25, 0.3) is 0 Å². The fourth-order valence-corrected chi connectivity index (χ4v) is 1.71. The first-order valence-electron chi connectivity index (χ1n) is 6.34. The molecular formula is C18H16O2.